The third-order valence-electron chi connectivity index (χ3n) is 2.41. The SMILES string of the molecule is CCCNC(=O)C(C)Nc1nnc(CNC(C)C)o1. The lowest BCUT2D eigenvalue weighted by Gasteiger charge is -2.11. The van der Waals surface area contributed by atoms with E-state index in [4.69, 9.17) is 4.42 Å². The second-order valence-corrected chi connectivity index (χ2v) is 4.69. The number of carbonyl (C=O) groups is 1. The molecule has 0 bridgehead atoms. The maximum Gasteiger partial charge on any atom is 0.316 e. The third kappa shape index (κ3) is 5.69. The number of amides is 1. The normalized spacial score (nSPS) is 12.5. The first-order valence-corrected chi connectivity index (χ1v) is 6.63. The lowest BCUT2D eigenvalue weighted by molar-refractivity contribution is -0.121. The van der Waals surface area contributed by atoms with Crippen LogP contribution in [0.5, 0.6) is 0 Å². The fourth-order valence-electron chi connectivity index (χ4n) is 1.33. The summed E-state index contributed by atoms with van der Waals surface area (Å²) in [5, 5.41) is 16.6. The van der Waals surface area contributed by atoms with Crippen LogP contribution in [0.2, 0.25) is 0 Å². The first-order valence-electron chi connectivity index (χ1n) is 6.63. The highest BCUT2D eigenvalue weighted by atomic mass is 16.4. The van der Waals surface area contributed by atoms with Crippen LogP contribution >= 0.6 is 0 Å². The maximum atomic E-state index is 11.7. The van der Waals surface area contributed by atoms with Crippen LogP contribution in [0.25, 0.3) is 0 Å². The molecule has 1 atom stereocenters. The molecule has 0 aliphatic heterocycles. The van der Waals surface area contributed by atoms with Crippen LogP contribution in [0, 0.1) is 0 Å². The van der Waals surface area contributed by atoms with E-state index in [2.05, 4.69) is 26.1 Å². The summed E-state index contributed by atoms with van der Waals surface area (Å²) in [5.74, 6) is 0.416. The van der Waals surface area contributed by atoms with Gasteiger partial charge in [0.15, 0.2) is 0 Å². The number of anilines is 1. The Hall–Kier alpha value is -1.63. The molecule has 0 aliphatic carbocycles. The quantitative estimate of drug-likeness (QED) is 0.649. The highest BCUT2D eigenvalue weighted by molar-refractivity contribution is 5.83. The summed E-state index contributed by atoms with van der Waals surface area (Å²) in [4.78, 5) is 11.7. The van der Waals surface area contributed by atoms with Gasteiger partial charge < -0.3 is 20.4 Å². The Bertz CT molecular complexity index is 391. The van der Waals surface area contributed by atoms with E-state index in [-0.39, 0.29) is 11.9 Å². The van der Waals surface area contributed by atoms with Crippen LogP contribution in [0.15, 0.2) is 4.42 Å². The minimum Gasteiger partial charge on any atom is -0.407 e. The Balaban J connectivity index is 2.42. The number of hydrogen-bond acceptors (Lipinski definition) is 6. The minimum absolute atomic E-state index is 0.0816. The first kappa shape index (κ1) is 15.4. The van der Waals surface area contributed by atoms with Gasteiger partial charge in [0.2, 0.25) is 11.8 Å². The van der Waals surface area contributed by atoms with E-state index in [1.54, 1.807) is 6.92 Å². The summed E-state index contributed by atoms with van der Waals surface area (Å²) in [6.07, 6.45) is 0.907. The molecule has 0 radical (unpaired) electrons. The standard InChI is InChI=1S/C12H23N5O2/c1-5-6-13-11(18)9(4)15-12-17-16-10(19-12)7-14-8(2)3/h8-9,14H,5-7H2,1-4H3,(H,13,18)(H,15,17). The molecule has 0 aromatic carbocycles. The Morgan fingerprint density at radius 3 is 2.68 bits per heavy atom. The third-order valence-corrected chi connectivity index (χ3v) is 2.41. The molecular formula is C12H23N5O2. The Morgan fingerprint density at radius 2 is 2.05 bits per heavy atom. The molecule has 7 nitrogen and oxygen atoms in total. The van der Waals surface area contributed by atoms with Crippen molar-refractivity contribution < 1.29 is 9.21 Å². The minimum atomic E-state index is -0.405. The van der Waals surface area contributed by atoms with Gasteiger partial charge >= 0.3 is 6.01 Å². The van der Waals surface area contributed by atoms with Gasteiger partial charge in [-0.1, -0.05) is 25.9 Å². The van der Waals surface area contributed by atoms with E-state index in [1.807, 2.05) is 20.8 Å². The van der Waals surface area contributed by atoms with E-state index in [9.17, 15) is 4.79 Å². The van der Waals surface area contributed by atoms with Gasteiger partial charge in [-0.25, -0.2) is 0 Å². The number of carbonyl (C=O) groups excluding carboxylic acids is 1. The van der Waals surface area contributed by atoms with Crippen molar-refractivity contribution in [1.82, 2.24) is 20.8 Å². The van der Waals surface area contributed by atoms with Crippen LogP contribution in [-0.2, 0) is 11.3 Å². The molecule has 1 heterocycles. The zero-order valence-electron chi connectivity index (χ0n) is 12.0. The topological polar surface area (TPSA) is 92.1 Å². The average molecular weight is 269 g/mol. The fraction of sp³-hybridized carbons (Fsp3) is 0.750. The smallest absolute Gasteiger partial charge is 0.316 e. The van der Waals surface area contributed by atoms with Crippen LogP contribution in [0.3, 0.4) is 0 Å². The van der Waals surface area contributed by atoms with Crippen LogP contribution in [0.1, 0.15) is 40.0 Å². The maximum absolute atomic E-state index is 11.7. The van der Waals surface area contributed by atoms with E-state index in [0.29, 0.717) is 25.0 Å². The van der Waals surface area contributed by atoms with Crippen molar-refractivity contribution in [1.29, 1.82) is 0 Å². The largest absolute Gasteiger partial charge is 0.407 e. The molecule has 3 N–H and O–H groups in total. The molecule has 1 unspecified atom stereocenters. The molecule has 1 amide bonds. The van der Waals surface area contributed by atoms with Gasteiger partial charge in [0, 0.05) is 12.6 Å². The van der Waals surface area contributed by atoms with E-state index in [0.717, 1.165) is 6.42 Å². The van der Waals surface area contributed by atoms with Crippen molar-refractivity contribution in [2.24, 2.45) is 0 Å². The summed E-state index contributed by atoms with van der Waals surface area (Å²) in [5.41, 5.74) is 0. The van der Waals surface area contributed by atoms with Gasteiger partial charge in [0.1, 0.15) is 6.04 Å². The highest BCUT2D eigenvalue weighted by Crippen LogP contribution is 2.07. The second-order valence-electron chi connectivity index (χ2n) is 4.69. The van der Waals surface area contributed by atoms with Gasteiger partial charge in [-0.15, -0.1) is 5.10 Å². The number of hydrogen-bond donors (Lipinski definition) is 3. The van der Waals surface area contributed by atoms with Crippen molar-refractivity contribution in [2.75, 3.05) is 11.9 Å². The molecule has 0 aliphatic rings. The number of aromatic nitrogens is 2. The number of nitrogens with one attached hydrogen (secondary N) is 3. The molecule has 1 aromatic heterocycles. The van der Waals surface area contributed by atoms with Crippen molar-refractivity contribution >= 4 is 11.9 Å². The van der Waals surface area contributed by atoms with E-state index in [1.165, 1.54) is 0 Å². The van der Waals surface area contributed by atoms with Crippen molar-refractivity contribution in [3.8, 4) is 0 Å². The summed E-state index contributed by atoms with van der Waals surface area (Å²) in [7, 11) is 0. The summed E-state index contributed by atoms with van der Waals surface area (Å²) in [6, 6.07) is 0.208. The highest BCUT2D eigenvalue weighted by Gasteiger charge is 2.15. The van der Waals surface area contributed by atoms with Crippen molar-refractivity contribution in [3.05, 3.63) is 5.89 Å². The second kappa shape index (κ2) is 7.73. The predicted molar refractivity (Wildman–Crippen MR) is 72.7 cm³/mol. The average Bonchev–Trinajstić information content (AvgIpc) is 2.81. The molecule has 108 valence electrons. The lowest BCUT2D eigenvalue weighted by Crippen LogP contribution is -2.37. The van der Waals surface area contributed by atoms with Crippen LogP contribution in [-0.4, -0.2) is 34.7 Å². The van der Waals surface area contributed by atoms with Crippen molar-refractivity contribution in [2.45, 2.75) is 52.7 Å². The van der Waals surface area contributed by atoms with E-state index >= 15 is 0 Å². The zero-order chi connectivity index (χ0) is 14.3. The number of rotatable bonds is 8. The summed E-state index contributed by atoms with van der Waals surface area (Å²) >= 11 is 0. The Morgan fingerprint density at radius 1 is 1.32 bits per heavy atom. The van der Waals surface area contributed by atoms with Gasteiger partial charge in [-0.05, 0) is 13.3 Å². The molecule has 7 heteroatoms. The van der Waals surface area contributed by atoms with Gasteiger partial charge in [0.05, 0.1) is 6.54 Å². The molecule has 19 heavy (non-hydrogen) atoms. The van der Waals surface area contributed by atoms with Gasteiger partial charge in [-0.3, -0.25) is 4.79 Å². The molecule has 0 saturated heterocycles. The Kier molecular flexibility index (Phi) is 6.27. The number of nitrogens with zero attached hydrogens (tertiary/aromatic N) is 2. The zero-order valence-corrected chi connectivity index (χ0v) is 12.0. The molecular weight excluding hydrogens is 246 g/mol. The molecule has 0 saturated carbocycles. The first-order chi connectivity index (χ1) is 9.02. The predicted octanol–water partition coefficient (Wildman–Crippen LogP) is 0.894. The van der Waals surface area contributed by atoms with Gasteiger partial charge in [-0.2, -0.15) is 0 Å². The Labute approximate surface area is 113 Å². The van der Waals surface area contributed by atoms with Gasteiger partial charge in [0.25, 0.3) is 0 Å². The molecule has 0 fully saturated rings. The van der Waals surface area contributed by atoms with Crippen LogP contribution in [0.4, 0.5) is 6.01 Å². The molecule has 1 aromatic rings. The summed E-state index contributed by atoms with van der Waals surface area (Å²) in [6.45, 7) is 9.01. The lowest BCUT2D eigenvalue weighted by atomic mass is 10.3. The summed E-state index contributed by atoms with van der Waals surface area (Å²) < 4.78 is 5.38. The molecule has 0 spiro atoms. The van der Waals surface area contributed by atoms with Crippen molar-refractivity contribution in [3.63, 3.8) is 0 Å². The molecule has 1 rings (SSSR count). The monoisotopic (exact) mass is 269 g/mol. The fourth-order valence-corrected chi connectivity index (χ4v) is 1.33. The van der Waals surface area contributed by atoms with Crippen LogP contribution < -0.4 is 16.0 Å². The van der Waals surface area contributed by atoms with E-state index < -0.39 is 6.04 Å².